The number of benzene rings is 1. The number of aromatic nitrogens is 2. The van der Waals surface area contributed by atoms with Crippen LogP contribution in [-0.2, 0) is 6.54 Å². The van der Waals surface area contributed by atoms with E-state index in [1.807, 2.05) is 29.1 Å². The molecule has 0 radical (unpaired) electrons. The second kappa shape index (κ2) is 4.39. The van der Waals surface area contributed by atoms with Gasteiger partial charge >= 0.3 is 0 Å². The van der Waals surface area contributed by atoms with Gasteiger partial charge in [-0.05, 0) is 12.0 Å². The molecule has 84 valence electrons. The summed E-state index contributed by atoms with van der Waals surface area (Å²) in [7, 11) is 0. The topological polar surface area (TPSA) is 38.0 Å². The van der Waals surface area contributed by atoms with Gasteiger partial charge in [0.05, 0.1) is 6.20 Å². The lowest BCUT2D eigenvalue weighted by Gasteiger charge is -2.03. The van der Waals surface area contributed by atoms with Crippen molar-refractivity contribution >= 4 is 0 Å². The first-order chi connectivity index (χ1) is 7.66. The Labute approximate surface area is 95.3 Å². The zero-order chi connectivity index (χ0) is 11.5. The van der Waals surface area contributed by atoms with Gasteiger partial charge in [-0.15, -0.1) is 0 Å². The van der Waals surface area contributed by atoms with Crippen molar-refractivity contribution in [2.45, 2.75) is 20.4 Å². The van der Waals surface area contributed by atoms with Gasteiger partial charge in [0.25, 0.3) is 0 Å². The van der Waals surface area contributed by atoms with Crippen molar-refractivity contribution < 1.29 is 5.11 Å². The van der Waals surface area contributed by atoms with Gasteiger partial charge in [0.2, 0.25) is 0 Å². The molecule has 0 amide bonds. The van der Waals surface area contributed by atoms with E-state index in [1.54, 1.807) is 12.3 Å². The van der Waals surface area contributed by atoms with Crippen LogP contribution in [0.5, 0.6) is 5.75 Å². The van der Waals surface area contributed by atoms with E-state index in [4.69, 9.17) is 0 Å². The Morgan fingerprint density at radius 3 is 2.75 bits per heavy atom. The van der Waals surface area contributed by atoms with Crippen molar-refractivity contribution in [2.24, 2.45) is 5.92 Å². The summed E-state index contributed by atoms with van der Waals surface area (Å²) < 4.78 is 1.91. The van der Waals surface area contributed by atoms with Crippen LogP contribution in [0.3, 0.4) is 0 Å². The van der Waals surface area contributed by atoms with E-state index in [2.05, 4.69) is 18.9 Å². The summed E-state index contributed by atoms with van der Waals surface area (Å²) in [5.74, 6) is 0.865. The van der Waals surface area contributed by atoms with Crippen LogP contribution in [0.15, 0.2) is 36.7 Å². The fraction of sp³-hybridized carbons (Fsp3) is 0.308. The Balaban J connectivity index is 2.28. The zero-order valence-corrected chi connectivity index (χ0v) is 9.59. The number of phenolic OH excluding ortho intramolecular Hbond substituents is 1. The van der Waals surface area contributed by atoms with Crippen LogP contribution in [-0.4, -0.2) is 14.9 Å². The van der Waals surface area contributed by atoms with E-state index in [-0.39, 0.29) is 0 Å². The van der Waals surface area contributed by atoms with Gasteiger partial charge in [0.15, 0.2) is 0 Å². The molecule has 0 aliphatic carbocycles. The van der Waals surface area contributed by atoms with E-state index in [0.717, 1.165) is 17.7 Å². The molecule has 0 bridgehead atoms. The quantitative estimate of drug-likeness (QED) is 0.856. The molecule has 1 heterocycles. The Kier molecular flexibility index (Phi) is 2.95. The molecule has 3 heteroatoms. The van der Waals surface area contributed by atoms with Gasteiger partial charge in [-0.3, -0.25) is 4.68 Å². The molecule has 0 aliphatic rings. The number of hydrogen-bond acceptors (Lipinski definition) is 2. The van der Waals surface area contributed by atoms with Crippen molar-refractivity contribution in [3.8, 4) is 16.9 Å². The molecule has 2 rings (SSSR count). The summed E-state index contributed by atoms with van der Waals surface area (Å²) in [5.41, 5.74) is 1.79. The Morgan fingerprint density at radius 1 is 1.31 bits per heavy atom. The Morgan fingerprint density at radius 2 is 2.06 bits per heavy atom. The first kappa shape index (κ1) is 10.7. The Bertz CT molecular complexity index is 474. The van der Waals surface area contributed by atoms with E-state index >= 15 is 0 Å². The van der Waals surface area contributed by atoms with Crippen LogP contribution in [0.25, 0.3) is 11.1 Å². The predicted molar refractivity (Wildman–Crippen MR) is 64.2 cm³/mol. The van der Waals surface area contributed by atoms with E-state index in [9.17, 15) is 5.11 Å². The van der Waals surface area contributed by atoms with Gasteiger partial charge in [0.1, 0.15) is 5.75 Å². The van der Waals surface area contributed by atoms with Crippen molar-refractivity contribution in [2.75, 3.05) is 0 Å². The summed E-state index contributed by atoms with van der Waals surface area (Å²) in [4.78, 5) is 0. The number of nitrogens with zero attached hydrogens (tertiary/aromatic N) is 2. The monoisotopic (exact) mass is 216 g/mol. The summed E-state index contributed by atoms with van der Waals surface area (Å²) in [6.45, 7) is 5.20. The molecule has 3 nitrogen and oxygen atoms in total. The average Bonchev–Trinajstić information content (AvgIpc) is 2.66. The first-order valence-corrected chi connectivity index (χ1v) is 5.47. The van der Waals surface area contributed by atoms with E-state index in [0.29, 0.717) is 11.7 Å². The minimum absolute atomic E-state index is 0.298. The number of aromatic hydroxyl groups is 1. The molecule has 0 saturated heterocycles. The fourth-order valence-electron chi connectivity index (χ4n) is 1.69. The Hall–Kier alpha value is -1.77. The molecule has 0 aliphatic heterocycles. The summed E-state index contributed by atoms with van der Waals surface area (Å²) in [6.07, 6.45) is 3.76. The fourth-order valence-corrected chi connectivity index (χ4v) is 1.69. The molecule has 0 saturated carbocycles. The second-order valence-electron chi connectivity index (χ2n) is 4.36. The largest absolute Gasteiger partial charge is 0.507 e. The predicted octanol–water partition coefficient (Wildman–Crippen LogP) is 2.91. The molecule has 1 N–H and O–H groups in total. The molecule has 0 spiro atoms. The average molecular weight is 216 g/mol. The van der Waals surface area contributed by atoms with Crippen molar-refractivity contribution in [3.63, 3.8) is 0 Å². The number of para-hydroxylation sites is 1. The number of rotatable bonds is 3. The maximum atomic E-state index is 9.72. The highest BCUT2D eigenvalue weighted by Gasteiger charge is 2.06. The van der Waals surface area contributed by atoms with Crippen molar-refractivity contribution in [1.29, 1.82) is 0 Å². The molecular weight excluding hydrogens is 200 g/mol. The molecular formula is C13H16N2O. The first-order valence-electron chi connectivity index (χ1n) is 5.47. The normalized spacial score (nSPS) is 10.9. The van der Waals surface area contributed by atoms with Crippen LogP contribution in [0.2, 0.25) is 0 Å². The second-order valence-corrected chi connectivity index (χ2v) is 4.36. The smallest absolute Gasteiger partial charge is 0.123 e. The van der Waals surface area contributed by atoms with Crippen LogP contribution < -0.4 is 0 Å². The lowest BCUT2D eigenvalue weighted by Crippen LogP contribution is -2.03. The van der Waals surface area contributed by atoms with Crippen molar-refractivity contribution in [1.82, 2.24) is 9.78 Å². The third-order valence-electron chi connectivity index (χ3n) is 2.40. The van der Waals surface area contributed by atoms with Crippen molar-refractivity contribution in [3.05, 3.63) is 36.7 Å². The minimum Gasteiger partial charge on any atom is -0.507 e. The third-order valence-corrected chi connectivity index (χ3v) is 2.40. The van der Waals surface area contributed by atoms with Crippen LogP contribution in [0.4, 0.5) is 0 Å². The lowest BCUT2D eigenvalue weighted by molar-refractivity contribution is 0.477. The summed E-state index contributed by atoms with van der Waals surface area (Å²) >= 11 is 0. The highest BCUT2D eigenvalue weighted by Crippen LogP contribution is 2.27. The van der Waals surface area contributed by atoms with Gasteiger partial charge in [-0.25, -0.2) is 0 Å². The maximum Gasteiger partial charge on any atom is 0.123 e. The molecule has 0 fully saturated rings. The minimum atomic E-state index is 0.298. The molecule has 1 aromatic carbocycles. The molecule has 16 heavy (non-hydrogen) atoms. The van der Waals surface area contributed by atoms with E-state index < -0.39 is 0 Å². The van der Waals surface area contributed by atoms with E-state index in [1.165, 1.54) is 0 Å². The molecule has 2 aromatic rings. The molecule has 0 atom stereocenters. The highest BCUT2D eigenvalue weighted by atomic mass is 16.3. The van der Waals surface area contributed by atoms with Crippen LogP contribution in [0.1, 0.15) is 13.8 Å². The summed E-state index contributed by atoms with van der Waals surface area (Å²) in [5, 5.41) is 14.0. The molecule has 1 aromatic heterocycles. The SMILES string of the molecule is CC(C)Cn1cc(-c2ccccc2O)cn1. The molecule has 0 unspecified atom stereocenters. The summed E-state index contributed by atoms with van der Waals surface area (Å²) in [6, 6.07) is 7.31. The number of phenols is 1. The maximum absolute atomic E-state index is 9.72. The van der Waals surface area contributed by atoms with Gasteiger partial charge < -0.3 is 5.11 Å². The number of hydrogen-bond donors (Lipinski definition) is 1. The zero-order valence-electron chi connectivity index (χ0n) is 9.59. The van der Waals surface area contributed by atoms with Gasteiger partial charge in [-0.2, -0.15) is 5.10 Å². The lowest BCUT2D eigenvalue weighted by atomic mass is 10.1. The highest BCUT2D eigenvalue weighted by molar-refractivity contribution is 5.68. The van der Waals surface area contributed by atoms with Gasteiger partial charge in [0, 0.05) is 23.9 Å². The third kappa shape index (κ3) is 2.24. The van der Waals surface area contributed by atoms with Crippen LogP contribution in [0, 0.1) is 5.92 Å². The van der Waals surface area contributed by atoms with Gasteiger partial charge in [-0.1, -0.05) is 32.0 Å². The standard InChI is InChI=1S/C13H16N2O/c1-10(2)8-15-9-11(7-14-15)12-5-3-4-6-13(12)16/h3-7,9-10,16H,8H2,1-2H3. The van der Waals surface area contributed by atoms with Crippen LogP contribution >= 0.6 is 0 Å².